The highest BCUT2D eigenvalue weighted by atomic mass is 15.3. The molecule has 0 amide bonds. The van der Waals surface area contributed by atoms with Gasteiger partial charge < -0.3 is 8.97 Å². The Morgan fingerprint density at radius 3 is 1.80 bits per heavy atom. The lowest BCUT2D eigenvalue weighted by molar-refractivity contribution is -0.903. The average molecular weight is 278 g/mol. The number of quaternary nitrogens is 2. The zero-order chi connectivity index (χ0) is 15.1. The van der Waals surface area contributed by atoms with Gasteiger partial charge in [-0.15, -0.1) is 0 Å². The summed E-state index contributed by atoms with van der Waals surface area (Å²) in [6, 6.07) is 10.8. The van der Waals surface area contributed by atoms with E-state index in [9.17, 15) is 0 Å². The third-order valence-electron chi connectivity index (χ3n) is 3.80. The van der Waals surface area contributed by atoms with E-state index < -0.39 is 0 Å². The Morgan fingerprint density at radius 1 is 0.700 bits per heavy atom. The fourth-order valence-electron chi connectivity index (χ4n) is 2.64. The molecule has 0 saturated carbocycles. The van der Waals surface area contributed by atoms with Crippen LogP contribution >= 0.6 is 0 Å². The van der Waals surface area contributed by atoms with Crippen molar-refractivity contribution in [2.45, 2.75) is 32.2 Å². The summed E-state index contributed by atoms with van der Waals surface area (Å²) in [5, 5.41) is 0. The van der Waals surface area contributed by atoms with Gasteiger partial charge in [-0.2, -0.15) is 0 Å². The SMILES string of the molecule is C[N+](C)(C)CCCCCC[N+](C)(C)Cc1ccccc1. The zero-order valence-corrected chi connectivity index (χ0v) is 14.2. The highest BCUT2D eigenvalue weighted by Crippen LogP contribution is 2.12. The maximum Gasteiger partial charge on any atom is 0.104 e. The largest absolute Gasteiger partial charge is 0.331 e. The third-order valence-corrected chi connectivity index (χ3v) is 3.80. The van der Waals surface area contributed by atoms with Crippen LogP contribution in [0.1, 0.15) is 31.2 Å². The van der Waals surface area contributed by atoms with Gasteiger partial charge in [-0.3, -0.25) is 0 Å². The number of rotatable bonds is 9. The van der Waals surface area contributed by atoms with E-state index in [1.165, 1.54) is 44.3 Å². The van der Waals surface area contributed by atoms with Crippen molar-refractivity contribution in [2.75, 3.05) is 48.3 Å². The van der Waals surface area contributed by atoms with Crippen LogP contribution in [0.2, 0.25) is 0 Å². The van der Waals surface area contributed by atoms with Crippen molar-refractivity contribution in [3.8, 4) is 0 Å². The minimum atomic E-state index is 1.09. The lowest BCUT2D eigenvalue weighted by atomic mass is 10.1. The van der Waals surface area contributed by atoms with E-state index in [0.29, 0.717) is 0 Å². The second-order valence-electron chi connectivity index (χ2n) is 7.73. The van der Waals surface area contributed by atoms with E-state index in [1.807, 2.05) is 0 Å². The topological polar surface area (TPSA) is 0 Å². The summed E-state index contributed by atoms with van der Waals surface area (Å²) in [5.74, 6) is 0. The van der Waals surface area contributed by atoms with Crippen molar-refractivity contribution in [3.05, 3.63) is 35.9 Å². The monoisotopic (exact) mass is 278 g/mol. The Kier molecular flexibility index (Phi) is 6.70. The molecule has 20 heavy (non-hydrogen) atoms. The van der Waals surface area contributed by atoms with Crippen molar-refractivity contribution < 1.29 is 8.97 Å². The molecular weight excluding hydrogens is 244 g/mol. The van der Waals surface area contributed by atoms with E-state index in [1.54, 1.807) is 0 Å². The van der Waals surface area contributed by atoms with Gasteiger partial charge in [0.15, 0.2) is 0 Å². The molecule has 0 aliphatic carbocycles. The summed E-state index contributed by atoms with van der Waals surface area (Å²) in [7, 11) is 11.5. The van der Waals surface area contributed by atoms with Crippen LogP contribution in [0.3, 0.4) is 0 Å². The molecule has 0 unspecified atom stereocenters. The van der Waals surface area contributed by atoms with E-state index in [4.69, 9.17) is 0 Å². The molecule has 2 heteroatoms. The van der Waals surface area contributed by atoms with E-state index in [0.717, 1.165) is 15.5 Å². The summed E-state index contributed by atoms with van der Waals surface area (Å²) < 4.78 is 2.19. The summed E-state index contributed by atoms with van der Waals surface area (Å²) in [6.07, 6.45) is 5.45. The maximum absolute atomic E-state index is 2.35. The molecule has 0 fully saturated rings. The van der Waals surface area contributed by atoms with Gasteiger partial charge in [0, 0.05) is 5.56 Å². The predicted molar refractivity (Wildman–Crippen MR) is 88.5 cm³/mol. The Morgan fingerprint density at radius 2 is 1.25 bits per heavy atom. The van der Waals surface area contributed by atoms with Gasteiger partial charge in [0.2, 0.25) is 0 Å². The highest BCUT2D eigenvalue weighted by molar-refractivity contribution is 5.13. The number of nitrogens with zero attached hydrogens (tertiary/aromatic N) is 2. The first-order valence-electron chi connectivity index (χ1n) is 7.95. The lowest BCUT2D eigenvalue weighted by Crippen LogP contribution is -2.39. The van der Waals surface area contributed by atoms with Gasteiger partial charge in [0.25, 0.3) is 0 Å². The van der Waals surface area contributed by atoms with Crippen molar-refractivity contribution >= 4 is 0 Å². The van der Waals surface area contributed by atoms with Gasteiger partial charge in [-0.1, -0.05) is 30.3 Å². The van der Waals surface area contributed by atoms with Crippen LogP contribution in [0.15, 0.2) is 30.3 Å². The molecule has 0 aliphatic heterocycles. The van der Waals surface area contributed by atoms with Crippen molar-refractivity contribution in [3.63, 3.8) is 0 Å². The number of unbranched alkanes of at least 4 members (excludes halogenated alkanes) is 3. The van der Waals surface area contributed by atoms with Gasteiger partial charge in [-0.25, -0.2) is 0 Å². The van der Waals surface area contributed by atoms with Crippen LogP contribution < -0.4 is 0 Å². The third kappa shape index (κ3) is 8.34. The molecule has 1 rings (SSSR count). The second kappa shape index (κ2) is 7.80. The molecule has 0 aliphatic rings. The van der Waals surface area contributed by atoms with Crippen molar-refractivity contribution in [1.29, 1.82) is 0 Å². The quantitative estimate of drug-likeness (QED) is 0.479. The van der Waals surface area contributed by atoms with Crippen molar-refractivity contribution in [2.24, 2.45) is 0 Å². The van der Waals surface area contributed by atoms with E-state index in [-0.39, 0.29) is 0 Å². The van der Waals surface area contributed by atoms with E-state index >= 15 is 0 Å². The molecule has 2 nitrogen and oxygen atoms in total. The molecule has 0 bridgehead atoms. The summed E-state index contributed by atoms with van der Waals surface area (Å²) >= 11 is 0. The Bertz CT molecular complexity index is 363. The Labute approximate surface area is 126 Å². The number of hydrogen-bond donors (Lipinski definition) is 0. The first-order valence-corrected chi connectivity index (χ1v) is 7.95. The lowest BCUT2D eigenvalue weighted by Gasteiger charge is -2.30. The summed E-state index contributed by atoms with van der Waals surface area (Å²) in [5.41, 5.74) is 1.45. The minimum Gasteiger partial charge on any atom is -0.331 e. The maximum atomic E-state index is 2.35. The molecule has 0 atom stereocenters. The van der Waals surface area contributed by atoms with Crippen LogP contribution in [0.25, 0.3) is 0 Å². The summed E-state index contributed by atoms with van der Waals surface area (Å²) in [6.45, 7) is 3.71. The van der Waals surface area contributed by atoms with Crippen LogP contribution in [0.5, 0.6) is 0 Å². The van der Waals surface area contributed by atoms with Crippen LogP contribution in [-0.4, -0.2) is 57.3 Å². The molecular formula is C18H34N2+2. The van der Waals surface area contributed by atoms with Gasteiger partial charge >= 0.3 is 0 Å². The van der Waals surface area contributed by atoms with Gasteiger partial charge in [-0.05, 0) is 25.7 Å². The molecule has 0 aromatic heterocycles. The predicted octanol–water partition coefficient (Wildman–Crippen LogP) is 3.53. The highest BCUT2D eigenvalue weighted by Gasteiger charge is 2.15. The van der Waals surface area contributed by atoms with Crippen molar-refractivity contribution in [1.82, 2.24) is 0 Å². The molecule has 0 heterocycles. The fraction of sp³-hybridized carbons (Fsp3) is 0.667. The summed E-state index contributed by atoms with van der Waals surface area (Å²) in [4.78, 5) is 0. The average Bonchev–Trinajstić information content (AvgIpc) is 2.33. The number of hydrogen-bond acceptors (Lipinski definition) is 0. The first kappa shape index (κ1) is 17.2. The Hall–Kier alpha value is -0.860. The zero-order valence-electron chi connectivity index (χ0n) is 14.2. The normalized spacial score (nSPS) is 12.7. The number of benzene rings is 1. The smallest absolute Gasteiger partial charge is 0.104 e. The molecule has 0 N–H and O–H groups in total. The Balaban J connectivity index is 2.17. The van der Waals surface area contributed by atoms with E-state index in [2.05, 4.69) is 65.6 Å². The molecule has 114 valence electrons. The van der Waals surface area contributed by atoms with Gasteiger partial charge in [0.1, 0.15) is 6.54 Å². The van der Waals surface area contributed by atoms with Crippen LogP contribution in [-0.2, 0) is 6.54 Å². The first-order chi connectivity index (χ1) is 9.29. The van der Waals surface area contributed by atoms with Crippen LogP contribution in [0, 0.1) is 0 Å². The molecule has 1 aromatic carbocycles. The minimum absolute atomic E-state index is 1.09. The van der Waals surface area contributed by atoms with Crippen LogP contribution in [0.4, 0.5) is 0 Å². The second-order valence-corrected chi connectivity index (χ2v) is 7.73. The molecule has 1 aromatic rings. The molecule has 0 radical (unpaired) electrons. The fourth-order valence-corrected chi connectivity index (χ4v) is 2.64. The standard InChI is InChI=1S/C18H34N2/c1-19(2,3)15-11-6-7-12-16-20(4,5)17-18-13-9-8-10-14-18/h8-10,13-14H,6-7,11-12,15-17H2,1-5H3/q+2. The van der Waals surface area contributed by atoms with Gasteiger partial charge in [0.05, 0.1) is 48.3 Å². The molecule has 0 spiro atoms. The molecule has 0 saturated heterocycles.